The van der Waals surface area contributed by atoms with Crippen LogP contribution in [0.2, 0.25) is 0 Å². The second-order valence-electron chi connectivity index (χ2n) is 8.68. The highest BCUT2D eigenvalue weighted by Crippen LogP contribution is 2.26. The van der Waals surface area contributed by atoms with E-state index in [1.165, 1.54) is 5.56 Å². The van der Waals surface area contributed by atoms with Gasteiger partial charge in [0.15, 0.2) is 0 Å². The minimum Gasteiger partial charge on any atom is -0.493 e. The quantitative estimate of drug-likeness (QED) is 0.634. The predicted octanol–water partition coefficient (Wildman–Crippen LogP) is 2.80. The molecule has 2 aliphatic heterocycles. The fourth-order valence-electron chi connectivity index (χ4n) is 4.69. The number of nitrogens with one attached hydrogen (secondary N) is 1. The topological polar surface area (TPSA) is 76.5 Å². The standard InChI is InChI=1S/C26H28N4O3/c1-29-13-11-27-24(29)7-8-25(31)30-12-9-22-20(3-2-4-21(22)17-30)16-28-26(32)19-5-6-23-18(15-19)10-14-33-23/h2-6,11,13,15H,7-10,12,14,16-17H2,1H3,(H,28,32). The third kappa shape index (κ3) is 4.49. The SMILES string of the molecule is Cn1ccnc1CCC(=O)N1CCc2c(CNC(=O)c3ccc4c(c3)CCO4)cccc2C1. The molecule has 0 bridgehead atoms. The summed E-state index contributed by atoms with van der Waals surface area (Å²) < 4.78 is 7.48. The molecule has 0 aliphatic carbocycles. The smallest absolute Gasteiger partial charge is 0.251 e. The van der Waals surface area contributed by atoms with E-state index in [9.17, 15) is 9.59 Å². The van der Waals surface area contributed by atoms with Crippen molar-refractivity contribution in [3.63, 3.8) is 0 Å². The van der Waals surface area contributed by atoms with Gasteiger partial charge in [-0.1, -0.05) is 18.2 Å². The van der Waals surface area contributed by atoms with Gasteiger partial charge in [-0.3, -0.25) is 9.59 Å². The highest BCUT2D eigenvalue weighted by Gasteiger charge is 2.23. The first-order chi connectivity index (χ1) is 16.1. The molecule has 2 aromatic carbocycles. The first kappa shape index (κ1) is 21.2. The lowest BCUT2D eigenvalue weighted by molar-refractivity contribution is -0.132. The lowest BCUT2D eigenvalue weighted by atomic mass is 9.94. The molecule has 1 aromatic heterocycles. The summed E-state index contributed by atoms with van der Waals surface area (Å²) in [7, 11) is 1.95. The van der Waals surface area contributed by atoms with E-state index in [1.54, 1.807) is 6.20 Å². The predicted molar refractivity (Wildman–Crippen MR) is 124 cm³/mol. The third-order valence-corrected chi connectivity index (χ3v) is 6.59. The van der Waals surface area contributed by atoms with Gasteiger partial charge in [-0.15, -0.1) is 0 Å². The molecule has 0 saturated heterocycles. The molecule has 0 radical (unpaired) electrons. The van der Waals surface area contributed by atoms with E-state index < -0.39 is 0 Å². The summed E-state index contributed by atoms with van der Waals surface area (Å²) >= 11 is 0. The Morgan fingerprint density at radius 2 is 2.06 bits per heavy atom. The fraction of sp³-hybridized carbons (Fsp3) is 0.346. The van der Waals surface area contributed by atoms with Gasteiger partial charge < -0.3 is 19.5 Å². The number of aromatic nitrogens is 2. The second kappa shape index (κ2) is 9.10. The van der Waals surface area contributed by atoms with Gasteiger partial charge in [-0.2, -0.15) is 0 Å². The van der Waals surface area contributed by atoms with Crippen LogP contribution in [0.1, 0.15) is 44.9 Å². The maximum atomic E-state index is 12.8. The molecule has 7 heteroatoms. The van der Waals surface area contributed by atoms with E-state index in [2.05, 4.69) is 22.4 Å². The van der Waals surface area contributed by atoms with Crippen molar-refractivity contribution in [2.45, 2.75) is 38.8 Å². The Balaban J connectivity index is 1.20. The van der Waals surface area contributed by atoms with E-state index in [-0.39, 0.29) is 11.8 Å². The van der Waals surface area contributed by atoms with Gasteiger partial charge in [0, 0.05) is 63.9 Å². The maximum absolute atomic E-state index is 12.8. The van der Waals surface area contributed by atoms with Crippen molar-refractivity contribution < 1.29 is 14.3 Å². The van der Waals surface area contributed by atoms with Gasteiger partial charge >= 0.3 is 0 Å². The van der Waals surface area contributed by atoms with Crippen LogP contribution in [0.25, 0.3) is 0 Å². The summed E-state index contributed by atoms with van der Waals surface area (Å²) in [6.45, 7) is 2.46. The molecule has 0 fully saturated rings. The molecule has 3 aromatic rings. The van der Waals surface area contributed by atoms with Gasteiger partial charge in [0.2, 0.25) is 5.91 Å². The molecule has 7 nitrogen and oxygen atoms in total. The Labute approximate surface area is 193 Å². The number of aryl methyl sites for hydroxylation is 2. The van der Waals surface area contributed by atoms with E-state index >= 15 is 0 Å². The van der Waals surface area contributed by atoms with Crippen LogP contribution in [0.5, 0.6) is 5.75 Å². The van der Waals surface area contributed by atoms with Crippen LogP contribution in [0.3, 0.4) is 0 Å². The van der Waals surface area contributed by atoms with Crippen LogP contribution >= 0.6 is 0 Å². The van der Waals surface area contributed by atoms with Crippen molar-refractivity contribution in [2.75, 3.05) is 13.2 Å². The molecule has 1 N–H and O–H groups in total. The Morgan fingerprint density at radius 3 is 2.91 bits per heavy atom. The van der Waals surface area contributed by atoms with Gasteiger partial charge in [0.1, 0.15) is 11.6 Å². The van der Waals surface area contributed by atoms with Crippen molar-refractivity contribution in [1.29, 1.82) is 0 Å². The van der Waals surface area contributed by atoms with E-state index in [4.69, 9.17) is 4.74 Å². The van der Waals surface area contributed by atoms with Gasteiger partial charge in [-0.25, -0.2) is 4.98 Å². The second-order valence-corrected chi connectivity index (χ2v) is 8.68. The van der Waals surface area contributed by atoms with Gasteiger partial charge in [0.25, 0.3) is 5.91 Å². The number of rotatable bonds is 6. The first-order valence-electron chi connectivity index (χ1n) is 11.5. The lowest BCUT2D eigenvalue weighted by Crippen LogP contribution is -2.37. The van der Waals surface area contributed by atoms with E-state index in [0.29, 0.717) is 44.6 Å². The maximum Gasteiger partial charge on any atom is 0.251 e. The van der Waals surface area contributed by atoms with Crippen molar-refractivity contribution in [3.05, 3.63) is 82.4 Å². The fourth-order valence-corrected chi connectivity index (χ4v) is 4.69. The van der Waals surface area contributed by atoms with Crippen LogP contribution in [0, 0.1) is 0 Å². The van der Waals surface area contributed by atoms with Crippen molar-refractivity contribution >= 4 is 11.8 Å². The van der Waals surface area contributed by atoms with Crippen LogP contribution in [0.15, 0.2) is 48.8 Å². The number of nitrogens with zero attached hydrogens (tertiary/aromatic N) is 3. The van der Waals surface area contributed by atoms with E-state index in [0.717, 1.165) is 41.1 Å². The summed E-state index contributed by atoms with van der Waals surface area (Å²) in [5.41, 5.74) is 5.27. The molecule has 0 unspecified atom stereocenters. The average Bonchev–Trinajstić information content (AvgIpc) is 3.48. The molecule has 2 amide bonds. The number of carbonyl (C=O) groups is 2. The molecule has 0 atom stereocenters. The first-order valence-corrected chi connectivity index (χ1v) is 11.5. The summed E-state index contributed by atoms with van der Waals surface area (Å²) in [6.07, 6.45) is 6.41. The zero-order valence-electron chi connectivity index (χ0n) is 18.8. The van der Waals surface area contributed by atoms with Gasteiger partial charge in [0.05, 0.1) is 6.61 Å². The highest BCUT2D eigenvalue weighted by molar-refractivity contribution is 5.94. The Kier molecular flexibility index (Phi) is 5.86. The molecule has 170 valence electrons. The summed E-state index contributed by atoms with van der Waals surface area (Å²) in [5.74, 6) is 1.88. The molecule has 33 heavy (non-hydrogen) atoms. The number of hydrogen-bond acceptors (Lipinski definition) is 4. The average molecular weight is 445 g/mol. The Hall–Kier alpha value is -3.61. The zero-order valence-corrected chi connectivity index (χ0v) is 18.8. The number of ether oxygens (including phenoxy) is 1. The largest absolute Gasteiger partial charge is 0.493 e. The van der Waals surface area contributed by atoms with Crippen molar-refractivity contribution in [3.8, 4) is 5.75 Å². The molecular formula is C26H28N4O3. The number of fused-ring (bicyclic) bond motifs is 2. The third-order valence-electron chi connectivity index (χ3n) is 6.59. The Morgan fingerprint density at radius 1 is 1.15 bits per heavy atom. The molecule has 3 heterocycles. The van der Waals surface area contributed by atoms with Crippen LogP contribution in [-0.4, -0.2) is 39.4 Å². The molecule has 2 aliphatic rings. The zero-order chi connectivity index (χ0) is 22.8. The summed E-state index contributed by atoms with van der Waals surface area (Å²) in [4.78, 5) is 31.7. The number of benzene rings is 2. The summed E-state index contributed by atoms with van der Waals surface area (Å²) in [5, 5.41) is 3.06. The van der Waals surface area contributed by atoms with E-state index in [1.807, 2.05) is 47.0 Å². The van der Waals surface area contributed by atoms with Crippen LogP contribution in [-0.2, 0) is 44.2 Å². The molecule has 0 saturated carbocycles. The normalized spacial score (nSPS) is 14.4. The summed E-state index contributed by atoms with van der Waals surface area (Å²) in [6, 6.07) is 11.8. The number of imidazole rings is 1. The monoisotopic (exact) mass is 444 g/mol. The van der Waals surface area contributed by atoms with Gasteiger partial charge in [-0.05, 0) is 46.9 Å². The van der Waals surface area contributed by atoms with Crippen LogP contribution < -0.4 is 10.1 Å². The molecule has 0 spiro atoms. The molecule has 5 rings (SSSR count). The Bertz CT molecular complexity index is 1200. The highest BCUT2D eigenvalue weighted by atomic mass is 16.5. The lowest BCUT2D eigenvalue weighted by Gasteiger charge is -2.30. The van der Waals surface area contributed by atoms with Crippen LogP contribution in [0.4, 0.5) is 0 Å². The number of carbonyl (C=O) groups excluding carboxylic acids is 2. The number of amides is 2. The number of hydrogen-bond donors (Lipinski definition) is 1. The molecular weight excluding hydrogens is 416 g/mol. The van der Waals surface area contributed by atoms with Crippen molar-refractivity contribution in [1.82, 2.24) is 19.8 Å². The van der Waals surface area contributed by atoms with Crippen molar-refractivity contribution in [2.24, 2.45) is 7.05 Å². The minimum absolute atomic E-state index is 0.0794. The minimum atomic E-state index is -0.0794.